The molecule has 0 saturated carbocycles. The molecule has 1 aliphatic carbocycles. The number of carbonyl (C=O) groups excluding carboxylic acids is 1. The third kappa shape index (κ3) is 3.92. The maximum absolute atomic E-state index is 11.8. The first-order chi connectivity index (χ1) is 11.7. The van der Waals surface area contributed by atoms with E-state index in [4.69, 9.17) is 4.74 Å². The summed E-state index contributed by atoms with van der Waals surface area (Å²) in [4.78, 5) is 14.1. The van der Waals surface area contributed by atoms with Crippen molar-refractivity contribution in [2.24, 2.45) is 5.92 Å². The molecule has 0 bridgehead atoms. The SMILES string of the molecule is CCNC(=O)CN1CCC(C2CCCc3ccc(OC)cc32)CC1. The van der Waals surface area contributed by atoms with E-state index in [1.807, 2.05) is 6.92 Å². The molecule has 1 saturated heterocycles. The Morgan fingerprint density at radius 2 is 2.08 bits per heavy atom. The molecule has 1 atom stereocenters. The highest BCUT2D eigenvalue weighted by atomic mass is 16.5. The number of aryl methyl sites for hydroxylation is 1. The number of hydrogen-bond donors (Lipinski definition) is 1. The Hall–Kier alpha value is -1.55. The number of benzene rings is 1. The van der Waals surface area contributed by atoms with Crippen molar-refractivity contribution in [3.05, 3.63) is 29.3 Å². The number of amides is 1. The van der Waals surface area contributed by atoms with Gasteiger partial charge in [-0.3, -0.25) is 9.69 Å². The van der Waals surface area contributed by atoms with Crippen molar-refractivity contribution in [2.75, 3.05) is 33.3 Å². The lowest BCUT2D eigenvalue weighted by Crippen LogP contribution is -2.42. The van der Waals surface area contributed by atoms with Gasteiger partial charge in [0.05, 0.1) is 13.7 Å². The number of piperidine rings is 1. The van der Waals surface area contributed by atoms with Crippen molar-refractivity contribution in [3.63, 3.8) is 0 Å². The second-order valence-corrected chi connectivity index (χ2v) is 7.13. The Bertz CT molecular complexity index is 565. The highest BCUT2D eigenvalue weighted by molar-refractivity contribution is 5.77. The second kappa shape index (κ2) is 8.02. The molecule has 1 aromatic rings. The molecule has 2 aliphatic rings. The fraction of sp³-hybridized carbons (Fsp3) is 0.650. The average molecular weight is 330 g/mol. The van der Waals surface area contributed by atoms with Gasteiger partial charge in [0.1, 0.15) is 5.75 Å². The van der Waals surface area contributed by atoms with Crippen molar-refractivity contribution >= 4 is 5.91 Å². The van der Waals surface area contributed by atoms with Crippen LogP contribution in [0.3, 0.4) is 0 Å². The van der Waals surface area contributed by atoms with E-state index in [0.29, 0.717) is 12.5 Å². The molecule has 1 N–H and O–H groups in total. The molecule has 4 nitrogen and oxygen atoms in total. The number of rotatable bonds is 5. The van der Waals surface area contributed by atoms with Gasteiger partial charge in [-0.05, 0) is 87.2 Å². The van der Waals surface area contributed by atoms with Gasteiger partial charge in [0.15, 0.2) is 0 Å². The topological polar surface area (TPSA) is 41.6 Å². The molecule has 3 rings (SSSR count). The summed E-state index contributed by atoms with van der Waals surface area (Å²) in [7, 11) is 1.75. The molecule has 0 spiro atoms. The predicted octanol–water partition coefficient (Wildman–Crippen LogP) is 2.96. The van der Waals surface area contributed by atoms with E-state index in [0.717, 1.165) is 31.3 Å². The number of likely N-dealkylation sites (N-methyl/N-ethyl adjacent to an activating group) is 1. The van der Waals surface area contributed by atoms with E-state index in [9.17, 15) is 4.79 Å². The summed E-state index contributed by atoms with van der Waals surface area (Å²) >= 11 is 0. The zero-order valence-corrected chi connectivity index (χ0v) is 15.0. The van der Waals surface area contributed by atoms with Crippen LogP contribution in [0, 0.1) is 5.92 Å². The smallest absolute Gasteiger partial charge is 0.234 e. The number of methoxy groups -OCH3 is 1. The number of fused-ring (bicyclic) bond motifs is 1. The number of hydrogen-bond acceptors (Lipinski definition) is 3. The van der Waals surface area contributed by atoms with Crippen molar-refractivity contribution < 1.29 is 9.53 Å². The second-order valence-electron chi connectivity index (χ2n) is 7.13. The number of carbonyl (C=O) groups is 1. The number of nitrogens with zero attached hydrogens (tertiary/aromatic N) is 1. The van der Waals surface area contributed by atoms with Crippen molar-refractivity contribution in [2.45, 2.75) is 44.9 Å². The molecule has 132 valence electrons. The van der Waals surface area contributed by atoms with Crippen LogP contribution in [0.4, 0.5) is 0 Å². The molecule has 1 aromatic carbocycles. The standard InChI is InChI=1S/C20H30N2O2/c1-3-21-20(23)14-22-11-9-16(10-12-22)18-6-4-5-15-7-8-17(24-2)13-19(15)18/h7-8,13,16,18H,3-6,9-12,14H2,1-2H3,(H,21,23). The van der Waals surface area contributed by atoms with E-state index in [-0.39, 0.29) is 5.91 Å². The summed E-state index contributed by atoms with van der Waals surface area (Å²) in [6, 6.07) is 6.61. The molecular weight excluding hydrogens is 300 g/mol. The van der Waals surface area contributed by atoms with Crippen molar-refractivity contribution in [3.8, 4) is 5.75 Å². The predicted molar refractivity (Wildman–Crippen MR) is 96.5 cm³/mol. The van der Waals surface area contributed by atoms with E-state index in [1.54, 1.807) is 7.11 Å². The van der Waals surface area contributed by atoms with Gasteiger partial charge in [0, 0.05) is 6.54 Å². The van der Waals surface area contributed by atoms with Gasteiger partial charge in [-0.1, -0.05) is 6.07 Å². The van der Waals surface area contributed by atoms with E-state index in [1.165, 1.54) is 43.2 Å². The van der Waals surface area contributed by atoms with Gasteiger partial charge >= 0.3 is 0 Å². The fourth-order valence-corrected chi connectivity index (χ4v) is 4.40. The first kappa shape index (κ1) is 17.3. The van der Waals surface area contributed by atoms with Gasteiger partial charge in [-0.2, -0.15) is 0 Å². The number of likely N-dealkylation sites (tertiary alicyclic amines) is 1. The van der Waals surface area contributed by atoms with E-state index >= 15 is 0 Å². The number of ether oxygens (including phenoxy) is 1. The van der Waals surface area contributed by atoms with Gasteiger partial charge in [-0.15, -0.1) is 0 Å². The van der Waals surface area contributed by atoms with Crippen LogP contribution in [0.25, 0.3) is 0 Å². The zero-order chi connectivity index (χ0) is 16.9. The number of nitrogens with one attached hydrogen (secondary N) is 1. The summed E-state index contributed by atoms with van der Waals surface area (Å²) in [5, 5.41) is 2.90. The van der Waals surface area contributed by atoms with Crippen LogP contribution >= 0.6 is 0 Å². The minimum Gasteiger partial charge on any atom is -0.497 e. The van der Waals surface area contributed by atoms with Gasteiger partial charge in [0.25, 0.3) is 0 Å². The van der Waals surface area contributed by atoms with Gasteiger partial charge in [0.2, 0.25) is 5.91 Å². The Morgan fingerprint density at radius 3 is 2.79 bits per heavy atom. The van der Waals surface area contributed by atoms with Crippen LogP contribution < -0.4 is 10.1 Å². The minimum absolute atomic E-state index is 0.156. The lowest BCUT2D eigenvalue weighted by Gasteiger charge is -2.38. The molecule has 1 fully saturated rings. The zero-order valence-electron chi connectivity index (χ0n) is 15.0. The minimum atomic E-state index is 0.156. The van der Waals surface area contributed by atoms with Crippen molar-refractivity contribution in [1.29, 1.82) is 0 Å². The van der Waals surface area contributed by atoms with Crippen LogP contribution in [0.15, 0.2) is 18.2 Å². The maximum atomic E-state index is 11.8. The normalized spacial score (nSPS) is 22.0. The third-order valence-electron chi connectivity index (χ3n) is 5.66. The molecule has 1 unspecified atom stereocenters. The molecule has 0 aromatic heterocycles. The van der Waals surface area contributed by atoms with E-state index < -0.39 is 0 Å². The first-order valence-electron chi connectivity index (χ1n) is 9.37. The summed E-state index contributed by atoms with van der Waals surface area (Å²) in [5.41, 5.74) is 3.03. The Kier molecular flexibility index (Phi) is 5.77. The molecule has 24 heavy (non-hydrogen) atoms. The molecule has 1 aliphatic heterocycles. The highest BCUT2D eigenvalue weighted by Gasteiger charge is 2.31. The van der Waals surface area contributed by atoms with Gasteiger partial charge in [-0.25, -0.2) is 0 Å². The lowest BCUT2D eigenvalue weighted by molar-refractivity contribution is -0.122. The van der Waals surface area contributed by atoms with Gasteiger partial charge < -0.3 is 10.1 Å². The molecule has 1 heterocycles. The summed E-state index contributed by atoms with van der Waals surface area (Å²) in [6.07, 6.45) is 6.18. The monoisotopic (exact) mass is 330 g/mol. The molecule has 0 radical (unpaired) electrons. The van der Waals surface area contributed by atoms with Crippen LogP contribution in [-0.2, 0) is 11.2 Å². The quantitative estimate of drug-likeness (QED) is 0.902. The Balaban J connectivity index is 1.62. The average Bonchev–Trinajstić information content (AvgIpc) is 2.61. The van der Waals surface area contributed by atoms with Crippen molar-refractivity contribution in [1.82, 2.24) is 10.2 Å². The molecule has 4 heteroatoms. The first-order valence-corrected chi connectivity index (χ1v) is 9.37. The van der Waals surface area contributed by atoms with Crippen LogP contribution in [0.2, 0.25) is 0 Å². The maximum Gasteiger partial charge on any atom is 0.234 e. The summed E-state index contributed by atoms with van der Waals surface area (Å²) in [5.74, 6) is 2.54. The van der Waals surface area contributed by atoms with Crippen LogP contribution in [0.1, 0.15) is 49.7 Å². The fourth-order valence-electron chi connectivity index (χ4n) is 4.40. The van der Waals surface area contributed by atoms with E-state index in [2.05, 4.69) is 28.4 Å². The van der Waals surface area contributed by atoms with Crippen LogP contribution in [-0.4, -0.2) is 44.1 Å². The molecular formula is C20H30N2O2. The molecule has 1 amide bonds. The Morgan fingerprint density at radius 1 is 1.29 bits per heavy atom. The summed E-state index contributed by atoms with van der Waals surface area (Å²) in [6.45, 7) is 5.32. The highest BCUT2D eigenvalue weighted by Crippen LogP contribution is 2.42. The lowest BCUT2D eigenvalue weighted by atomic mass is 9.72. The largest absolute Gasteiger partial charge is 0.497 e. The summed E-state index contributed by atoms with van der Waals surface area (Å²) < 4.78 is 5.45. The van der Waals surface area contributed by atoms with Crippen LogP contribution in [0.5, 0.6) is 5.75 Å². The Labute approximate surface area is 145 Å². The third-order valence-corrected chi connectivity index (χ3v) is 5.66.